The van der Waals surface area contributed by atoms with E-state index < -0.39 is 13.5 Å². The summed E-state index contributed by atoms with van der Waals surface area (Å²) < 4.78 is 38.4. The molecule has 2 aromatic carbocycles. The van der Waals surface area contributed by atoms with E-state index in [9.17, 15) is 0 Å². The van der Waals surface area contributed by atoms with Crippen LogP contribution in [0.1, 0.15) is 103 Å². The van der Waals surface area contributed by atoms with E-state index in [-0.39, 0.29) is 16.2 Å². The zero-order valence-electron chi connectivity index (χ0n) is 26.9. The molecule has 234 valence electrons. The minimum Gasteiger partial charge on any atom is -0.540 e. The van der Waals surface area contributed by atoms with E-state index in [0.717, 1.165) is 23.8 Å². The zero-order valence-corrected chi connectivity index (χ0v) is 26.9. The van der Waals surface area contributed by atoms with Gasteiger partial charge in [-0.1, -0.05) is 115 Å². The van der Waals surface area contributed by atoms with Gasteiger partial charge in [0.25, 0.3) is 0 Å². The second kappa shape index (κ2) is 11.3. The Morgan fingerprint density at radius 2 is 0.907 bits per heavy atom. The number of benzene rings is 2. The molecule has 1 aliphatic carbocycles. The van der Waals surface area contributed by atoms with Crippen molar-refractivity contribution in [1.82, 2.24) is 0 Å². The molecule has 43 heavy (non-hydrogen) atoms. The van der Waals surface area contributed by atoms with E-state index in [4.69, 9.17) is 27.9 Å². The lowest BCUT2D eigenvalue weighted by atomic mass is 9.61. The molecule has 0 saturated carbocycles. The first-order valence-corrected chi connectivity index (χ1v) is 17.2. The Morgan fingerprint density at radius 1 is 0.535 bits per heavy atom. The van der Waals surface area contributed by atoms with Crippen molar-refractivity contribution in [2.45, 2.75) is 97.3 Å². The van der Waals surface area contributed by atoms with Crippen molar-refractivity contribution < 1.29 is 27.9 Å². The van der Waals surface area contributed by atoms with Crippen LogP contribution < -0.4 is 10.9 Å². The number of hydrogen-bond donors (Lipinski definition) is 0. The average Bonchev–Trinajstić information content (AvgIpc) is 3.31. The van der Waals surface area contributed by atoms with Crippen molar-refractivity contribution >= 4 is 24.4 Å². The number of rotatable bonds is 12. The Morgan fingerprint density at radius 3 is 1.26 bits per heavy atom. The molecule has 4 bridgehead atoms. The van der Waals surface area contributed by atoms with Crippen LogP contribution in [0.25, 0.3) is 11.1 Å². The topological polar surface area (TPSA) is 55.4 Å². The summed E-state index contributed by atoms with van der Waals surface area (Å²) in [7, 11) is 0. The maximum atomic E-state index is 6.39. The van der Waals surface area contributed by atoms with Gasteiger partial charge in [-0.25, -0.2) is 0 Å². The maximum Gasteiger partial charge on any atom is 0.409 e. The quantitative estimate of drug-likeness (QED) is 0.213. The average molecular weight is 588 g/mol. The van der Waals surface area contributed by atoms with E-state index in [1.54, 1.807) is 0 Å². The predicted molar refractivity (Wildman–Crippen MR) is 173 cm³/mol. The van der Waals surface area contributed by atoms with Crippen molar-refractivity contribution in [2.75, 3.05) is 39.6 Å². The van der Waals surface area contributed by atoms with E-state index in [1.165, 1.54) is 73.6 Å². The Hall–Kier alpha value is -1.67. The summed E-state index contributed by atoms with van der Waals surface area (Å²) in [6.45, 7) is 9.14. The van der Waals surface area contributed by atoms with E-state index >= 15 is 0 Å². The highest BCUT2D eigenvalue weighted by molar-refractivity contribution is 6.76. The second-order valence-electron chi connectivity index (χ2n) is 15.1. The van der Waals surface area contributed by atoms with Gasteiger partial charge in [0.1, 0.15) is 0 Å². The highest BCUT2D eigenvalue weighted by atomic mass is 16.8. The number of hydrogen-bond acceptors (Lipinski definition) is 6. The molecule has 6 aliphatic heterocycles. The van der Waals surface area contributed by atoms with Crippen LogP contribution in [-0.2, 0) is 33.3 Å². The van der Waals surface area contributed by atoms with Crippen molar-refractivity contribution in [3.63, 3.8) is 0 Å². The van der Waals surface area contributed by atoms with Gasteiger partial charge >= 0.3 is 13.5 Å². The third kappa shape index (κ3) is 5.05. The van der Waals surface area contributed by atoms with Crippen LogP contribution in [-0.4, -0.2) is 53.2 Å². The van der Waals surface area contributed by atoms with Gasteiger partial charge in [-0.15, -0.1) is 10.9 Å². The zero-order chi connectivity index (χ0) is 29.8. The molecular weight excluding hydrogens is 538 g/mol. The molecule has 6 heterocycles. The Kier molecular flexibility index (Phi) is 7.88. The number of unbranched alkanes of at least 4 members (excludes halogenated alkanes) is 6. The first kappa shape index (κ1) is 30.0. The van der Waals surface area contributed by atoms with Gasteiger partial charge in [0, 0.05) is 55.9 Å². The van der Waals surface area contributed by atoms with Gasteiger partial charge in [-0.2, -0.15) is 0 Å². The molecule has 0 unspecified atom stereocenters. The largest absolute Gasteiger partial charge is 0.540 e. The van der Waals surface area contributed by atoms with E-state index in [2.05, 4.69) is 64.1 Å². The third-order valence-corrected chi connectivity index (χ3v) is 11.0. The van der Waals surface area contributed by atoms with Gasteiger partial charge in [0.2, 0.25) is 0 Å². The van der Waals surface area contributed by atoms with Crippen molar-refractivity contribution in [3.05, 3.63) is 47.5 Å². The Balaban J connectivity index is 1.32. The number of fused-ring (bicyclic) bond motifs is 9. The van der Waals surface area contributed by atoms with Crippen molar-refractivity contribution in [2.24, 2.45) is 10.8 Å². The fourth-order valence-electron chi connectivity index (χ4n) is 8.32. The molecule has 0 spiro atoms. The summed E-state index contributed by atoms with van der Waals surface area (Å²) in [5.41, 5.74) is 7.32. The molecule has 0 aromatic heterocycles. The normalized spacial score (nSPS) is 33.5. The Labute approximate surface area is 258 Å². The summed E-state index contributed by atoms with van der Waals surface area (Å²) in [6.07, 6.45) is 12.1. The third-order valence-electron chi connectivity index (χ3n) is 11.0. The summed E-state index contributed by atoms with van der Waals surface area (Å²) in [5.74, 6) is 0. The summed E-state index contributed by atoms with van der Waals surface area (Å²) in [6, 6.07) is 13.8. The van der Waals surface area contributed by atoms with Crippen LogP contribution in [0, 0.1) is 10.8 Å². The molecule has 8 heteroatoms. The molecule has 0 amide bonds. The van der Waals surface area contributed by atoms with E-state index in [1.807, 2.05) is 0 Å². The Bertz CT molecular complexity index is 1190. The standard InChI is InChI=1S/C35H50B2O6/c1-5-7-9-11-17-35(18-12-10-8-6-2)31-19-27(36-38-21-33(3,22-39-36)23-40-36)13-15-29(31)30-16-14-28(20-32(30)35)37-41-24-34(4,25-42-37)26-43-37/h13-16,19-20H,5-12,17-18,21-26H2,1-4H3/q-2. The van der Waals surface area contributed by atoms with Crippen molar-refractivity contribution in [3.8, 4) is 11.1 Å². The molecule has 0 atom stereocenters. The molecule has 6 saturated heterocycles. The molecular formula is C35H50B2O6-2. The molecule has 0 N–H and O–H groups in total. The molecule has 2 aromatic rings. The molecule has 7 aliphatic rings. The highest BCUT2D eigenvalue weighted by Crippen LogP contribution is 2.54. The predicted octanol–water partition coefficient (Wildman–Crippen LogP) is 6.35. The second-order valence-corrected chi connectivity index (χ2v) is 15.1. The first-order chi connectivity index (χ1) is 20.8. The monoisotopic (exact) mass is 588 g/mol. The summed E-state index contributed by atoms with van der Waals surface area (Å²) >= 11 is 0. The van der Waals surface area contributed by atoms with E-state index in [0.29, 0.717) is 39.6 Å². The lowest BCUT2D eigenvalue weighted by Gasteiger charge is -2.58. The smallest absolute Gasteiger partial charge is 0.409 e. The van der Waals surface area contributed by atoms with Crippen molar-refractivity contribution in [1.29, 1.82) is 0 Å². The van der Waals surface area contributed by atoms with Crippen LogP contribution in [0.15, 0.2) is 36.4 Å². The van der Waals surface area contributed by atoms with Gasteiger partial charge in [-0.3, -0.25) is 0 Å². The molecule has 0 radical (unpaired) electrons. The summed E-state index contributed by atoms with van der Waals surface area (Å²) in [5, 5.41) is 0. The lowest BCUT2D eigenvalue weighted by molar-refractivity contribution is -0.119. The van der Waals surface area contributed by atoms with Gasteiger partial charge in [0.15, 0.2) is 0 Å². The van der Waals surface area contributed by atoms with Crippen LogP contribution in [0.3, 0.4) is 0 Å². The minimum absolute atomic E-state index is 0.0573. The SMILES string of the molecule is CCCCCCC1(CCCCCC)c2cc([B-]34OCC(C)(CO3)CO4)ccc2-c2ccc([B-]34OCC(C)(CO3)CO4)cc21. The minimum atomic E-state index is -1.93. The van der Waals surface area contributed by atoms with Crippen LogP contribution in [0.4, 0.5) is 0 Å². The van der Waals surface area contributed by atoms with Gasteiger partial charge in [-0.05, 0) is 35.1 Å². The van der Waals surface area contributed by atoms with Gasteiger partial charge < -0.3 is 27.9 Å². The highest BCUT2D eigenvalue weighted by Gasteiger charge is 2.50. The fourth-order valence-corrected chi connectivity index (χ4v) is 8.32. The fraction of sp³-hybridized carbons (Fsp3) is 0.657. The first-order valence-electron chi connectivity index (χ1n) is 17.2. The summed E-state index contributed by atoms with van der Waals surface area (Å²) in [4.78, 5) is 0. The van der Waals surface area contributed by atoms with Gasteiger partial charge in [0.05, 0.1) is 0 Å². The molecule has 6 nitrogen and oxygen atoms in total. The molecule has 6 fully saturated rings. The maximum absolute atomic E-state index is 6.39. The lowest BCUT2D eigenvalue weighted by Crippen LogP contribution is -2.69. The van der Waals surface area contributed by atoms with Crippen LogP contribution >= 0.6 is 0 Å². The van der Waals surface area contributed by atoms with Crippen LogP contribution in [0.2, 0.25) is 0 Å². The van der Waals surface area contributed by atoms with Crippen LogP contribution in [0.5, 0.6) is 0 Å². The molecule has 9 rings (SSSR count).